The summed E-state index contributed by atoms with van der Waals surface area (Å²) in [6.07, 6.45) is -0.481. The lowest BCUT2D eigenvalue weighted by Gasteiger charge is -2.34. The second-order valence-corrected chi connectivity index (χ2v) is 8.46. The largest absolute Gasteiger partial charge is 0.300 e. The van der Waals surface area contributed by atoms with Crippen LogP contribution in [-0.4, -0.2) is 20.7 Å². The molecule has 2 aliphatic rings. The number of aromatic nitrogens is 3. The van der Waals surface area contributed by atoms with Crippen LogP contribution in [0, 0.1) is 0 Å². The highest BCUT2D eigenvalue weighted by molar-refractivity contribution is 6.13. The number of amides is 1. The van der Waals surface area contributed by atoms with Crippen LogP contribution in [0.4, 0.5) is 5.69 Å². The molecular weight excluding hydrogens is 400 g/mol. The van der Waals surface area contributed by atoms with Crippen LogP contribution in [0.5, 0.6) is 0 Å². The molecule has 0 saturated heterocycles. The van der Waals surface area contributed by atoms with E-state index >= 15 is 0 Å². The van der Waals surface area contributed by atoms with Gasteiger partial charge in [-0.2, -0.15) is 10.1 Å². The molecule has 3 aromatic carbocycles. The van der Waals surface area contributed by atoms with Crippen molar-refractivity contribution in [2.45, 2.75) is 25.9 Å². The van der Waals surface area contributed by atoms with Crippen molar-refractivity contribution in [1.82, 2.24) is 14.8 Å². The first-order valence-electron chi connectivity index (χ1n) is 10.7. The molecule has 0 spiro atoms. The van der Waals surface area contributed by atoms with Gasteiger partial charge < -0.3 is 0 Å². The molecule has 6 rings (SSSR count). The maximum atomic E-state index is 13.3. The summed E-state index contributed by atoms with van der Waals surface area (Å²) in [5.41, 5.74) is 4.75. The van der Waals surface area contributed by atoms with Crippen LogP contribution in [-0.2, 0) is 0 Å². The van der Waals surface area contributed by atoms with Crippen LogP contribution in [0.3, 0.4) is 0 Å². The van der Waals surface area contributed by atoms with Crippen molar-refractivity contribution in [3.8, 4) is 22.6 Å². The first-order chi connectivity index (χ1) is 15.5. The Morgan fingerprint density at radius 2 is 1.53 bits per heavy atom. The number of fused-ring (bicyclic) bond motifs is 8. The van der Waals surface area contributed by atoms with Crippen molar-refractivity contribution in [1.29, 1.82) is 0 Å². The second kappa shape index (κ2) is 6.72. The minimum Gasteiger partial charge on any atom is -0.280 e. The van der Waals surface area contributed by atoms with Gasteiger partial charge in [0.25, 0.3) is 11.5 Å². The van der Waals surface area contributed by atoms with Gasteiger partial charge in [-0.3, -0.25) is 14.5 Å². The fourth-order valence-electron chi connectivity index (χ4n) is 4.61. The van der Waals surface area contributed by atoms with E-state index in [4.69, 9.17) is 5.10 Å². The molecule has 6 heteroatoms. The second-order valence-electron chi connectivity index (χ2n) is 8.46. The molecule has 3 heterocycles. The highest BCUT2D eigenvalue weighted by Crippen LogP contribution is 2.46. The van der Waals surface area contributed by atoms with Crippen molar-refractivity contribution in [3.05, 3.63) is 99.8 Å². The predicted molar refractivity (Wildman–Crippen MR) is 123 cm³/mol. The van der Waals surface area contributed by atoms with Crippen LogP contribution >= 0.6 is 0 Å². The molecule has 1 amide bonds. The van der Waals surface area contributed by atoms with Crippen molar-refractivity contribution >= 4 is 11.6 Å². The Bertz CT molecular complexity index is 1450. The Morgan fingerprint density at radius 3 is 2.28 bits per heavy atom. The number of carbonyl (C=O) groups is 1. The summed E-state index contributed by atoms with van der Waals surface area (Å²) in [6, 6.07) is 22.9. The Kier molecular flexibility index (Phi) is 3.92. The van der Waals surface area contributed by atoms with Gasteiger partial charge in [0.2, 0.25) is 0 Å². The lowest BCUT2D eigenvalue weighted by molar-refractivity contribution is 0.0986. The van der Waals surface area contributed by atoms with E-state index < -0.39 is 6.17 Å². The van der Waals surface area contributed by atoms with Crippen molar-refractivity contribution in [2.24, 2.45) is 0 Å². The highest BCUT2D eigenvalue weighted by Gasteiger charge is 2.44. The van der Waals surface area contributed by atoms with Crippen LogP contribution in [0.15, 0.2) is 77.6 Å². The number of rotatable bonds is 2. The van der Waals surface area contributed by atoms with E-state index in [2.05, 4.69) is 18.8 Å². The maximum absolute atomic E-state index is 13.3. The van der Waals surface area contributed by atoms with Crippen LogP contribution in [0.1, 0.15) is 47.4 Å². The first kappa shape index (κ1) is 18.7. The van der Waals surface area contributed by atoms with E-state index in [0.717, 1.165) is 16.8 Å². The van der Waals surface area contributed by atoms with Crippen molar-refractivity contribution in [2.75, 3.05) is 4.90 Å². The number of nitrogens with zero attached hydrogens (tertiary/aromatic N) is 4. The van der Waals surface area contributed by atoms with E-state index in [1.165, 1.54) is 5.56 Å². The number of hydrogen-bond acceptors (Lipinski definition) is 4. The third-order valence-corrected chi connectivity index (χ3v) is 6.25. The Hall–Kier alpha value is -4.06. The standard InChI is InChI=1S/C26H20N4O2/c1-15(2)16-11-13-17(14-12-16)22-24(31)27-23-20-9-5-6-10-21(20)29-25(30(23)28-22)18-7-3-4-8-19(18)26(29)32/h3-15,25H,1-2H3/t25-/m1/s1. The van der Waals surface area contributed by atoms with Crippen molar-refractivity contribution in [3.63, 3.8) is 0 Å². The van der Waals surface area contributed by atoms with Crippen molar-refractivity contribution < 1.29 is 4.79 Å². The van der Waals surface area contributed by atoms with E-state index in [1.807, 2.05) is 72.8 Å². The number of benzene rings is 3. The summed E-state index contributed by atoms with van der Waals surface area (Å²) in [5.74, 6) is 0.789. The zero-order valence-electron chi connectivity index (χ0n) is 17.7. The summed E-state index contributed by atoms with van der Waals surface area (Å²) in [6.45, 7) is 4.26. The van der Waals surface area contributed by atoms with Gasteiger partial charge >= 0.3 is 0 Å². The molecule has 0 fully saturated rings. The molecule has 6 nitrogen and oxygen atoms in total. The minimum atomic E-state index is -0.481. The molecule has 0 aliphatic carbocycles. The molecule has 0 unspecified atom stereocenters. The van der Waals surface area contributed by atoms with E-state index in [-0.39, 0.29) is 17.2 Å². The fourth-order valence-corrected chi connectivity index (χ4v) is 4.61. The van der Waals surface area contributed by atoms with Gasteiger partial charge in [-0.25, -0.2) is 4.68 Å². The normalized spacial score (nSPS) is 15.9. The summed E-state index contributed by atoms with van der Waals surface area (Å²) in [5, 5.41) is 4.78. The summed E-state index contributed by atoms with van der Waals surface area (Å²) in [7, 11) is 0. The summed E-state index contributed by atoms with van der Waals surface area (Å²) >= 11 is 0. The van der Waals surface area contributed by atoms with Gasteiger partial charge in [-0.15, -0.1) is 0 Å². The fraction of sp³-hybridized carbons (Fsp3) is 0.154. The maximum Gasteiger partial charge on any atom is 0.300 e. The quantitative estimate of drug-likeness (QED) is 0.475. The average Bonchev–Trinajstić information content (AvgIpc) is 3.12. The van der Waals surface area contributed by atoms with Gasteiger partial charge in [0.1, 0.15) is 0 Å². The molecule has 0 saturated carbocycles. The van der Waals surface area contributed by atoms with Crippen LogP contribution < -0.4 is 10.5 Å². The lowest BCUT2D eigenvalue weighted by Crippen LogP contribution is -2.39. The minimum absolute atomic E-state index is 0.0768. The molecule has 156 valence electrons. The third kappa shape index (κ3) is 2.52. The zero-order valence-corrected chi connectivity index (χ0v) is 17.7. The Morgan fingerprint density at radius 1 is 0.844 bits per heavy atom. The van der Waals surface area contributed by atoms with E-state index in [9.17, 15) is 9.59 Å². The predicted octanol–water partition coefficient (Wildman–Crippen LogP) is 4.62. The molecule has 0 bridgehead atoms. The van der Waals surface area contributed by atoms with E-state index in [0.29, 0.717) is 22.9 Å². The smallest absolute Gasteiger partial charge is 0.280 e. The zero-order chi connectivity index (χ0) is 22.0. The lowest BCUT2D eigenvalue weighted by atomic mass is 10.0. The Labute approximate surface area is 184 Å². The van der Waals surface area contributed by atoms with Crippen LogP contribution in [0.2, 0.25) is 0 Å². The number of anilines is 1. The van der Waals surface area contributed by atoms with Gasteiger partial charge in [0.15, 0.2) is 17.7 Å². The Balaban J connectivity index is 1.61. The monoisotopic (exact) mass is 420 g/mol. The van der Waals surface area contributed by atoms with Gasteiger partial charge in [0, 0.05) is 22.3 Å². The molecule has 1 atom stereocenters. The first-order valence-corrected chi connectivity index (χ1v) is 10.7. The number of para-hydroxylation sites is 1. The molecular formula is C26H20N4O2. The molecule has 4 aromatic rings. The summed E-state index contributed by atoms with van der Waals surface area (Å²) < 4.78 is 1.72. The highest BCUT2D eigenvalue weighted by atomic mass is 16.2. The molecule has 2 aliphatic heterocycles. The molecule has 0 N–H and O–H groups in total. The molecule has 1 aromatic heterocycles. The van der Waals surface area contributed by atoms with Crippen LogP contribution in [0.25, 0.3) is 22.6 Å². The SMILES string of the molecule is CC(C)c1ccc(-c2nn3c(nc2=O)-c2ccccc2N2C(=O)c4ccccc4[C@H]23)cc1. The number of hydrogen-bond donors (Lipinski definition) is 0. The third-order valence-electron chi connectivity index (χ3n) is 6.25. The van der Waals surface area contributed by atoms with E-state index in [1.54, 1.807) is 9.58 Å². The topological polar surface area (TPSA) is 68.1 Å². The molecule has 0 radical (unpaired) electrons. The summed E-state index contributed by atoms with van der Waals surface area (Å²) in [4.78, 5) is 32.6. The van der Waals surface area contributed by atoms with Gasteiger partial charge in [-0.1, -0.05) is 68.4 Å². The average molecular weight is 420 g/mol. The molecule has 32 heavy (non-hydrogen) atoms. The number of carbonyl (C=O) groups excluding carboxylic acids is 1. The van der Waals surface area contributed by atoms with Gasteiger partial charge in [0.05, 0.1) is 5.69 Å². The van der Waals surface area contributed by atoms with Gasteiger partial charge in [-0.05, 0) is 29.7 Å².